The predicted octanol–water partition coefficient (Wildman–Crippen LogP) is 3.58. The van der Waals surface area contributed by atoms with E-state index in [1.165, 1.54) is 0 Å². The van der Waals surface area contributed by atoms with Gasteiger partial charge in [0.05, 0.1) is 6.26 Å². The van der Waals surface area contributed by atoms with Crippen molar-refractivity contribution in [2.75, 3.05) is 0 Å². The minimum atomic E-state index is -0.647. The van der Waals surface area contributed by atoms with Gasteiger partial charge in [0.15, 0.2) is 0 Å². The number of rotatable bonds is 3. The number of aryl methyl sites for hydroxylation is 1. The van der Waals surface area contributed by atoms with Crippen molar-refractivity contribution < 1.29 is 9.52 Å². The van der Waals surface area contributed by atoms with E-state index in [2.05, 4.69) is 0 Å². The number of aliphatic hydroxyl groups is 1. The Labute approximate surface area is 99.5 Å². The van der Waals surface area contributed by atoms with Crippen LogP contribution in [0.3, 0.4) is 0 Å². The third kappa shape index (κ3) is 2.13. The zero-order valence-electron chi connectivity index (χ0n) is 8.98. The molecule has 1 atom stereocenters. The van der Waals surface area contributed by atoms with Crippen LogP contribution in [-0.4, -0.2) is 5.11 Å². The first-order chi connectivity index (χ1) is 7.72. The van der Waals surface area contributed by atoms with E-state index >= 15 is 0 Å². The first-order valence-electron chi connectivity index (χ1n) is 5.22. The molecule has 1 aromatic carbocycles. The summed E-state index contributed by atoms with van der Waals surface area (Å²) < 4.78 is 5.29. The molecule has 0 bridgehead atoms. The van der Waals surface area contributed by atoms with E-state index in [0.29, 0.717) is 5.02 Å². The van der Waals surface area contributed by atoms with Gasteiger partial charge < -0.3 is 9.52 Å². The van der Waals surface area contributed by atoms with Gasteiger partial charge in [-0.05, 0) is 23.8 Å². The average Bonchev–Trinajstić information content (AvgIpc) is 2.77. The van der Waals surface area contributed by atoms with Gasteiger partial charge in [0.1, 0.15) is 11.9 Å². The molecule has 16 heavy (non-hydrogen) atoms. The molecule has 2 rings (SSSR count). The van der Waals surface area contributed by atoms with Gasteiger partial charge in [0.2, 0.25) is 0 Å². The largest absolute Gasteiger partial charge is 0.469 e. The highest BCUT2D eigenvalue weighted by atomic mass is 35.5. The summed E-state index contributed by atoms with van der Waals surface area (Å²) in [6.45, 7) is 2.00. The molecule has 84 valence electrons. The molecule has 0 fully saturated rings. The van der Waals surface area contributed by atoms with E-state index in [1.807, 2.05) is 19.1 Å². The Morgan fingerprint density at radius 1 is 1.25 bits per heavy atom. The van der Waals surface area contributed by atoms with Crippen LogP contribution in [0.2, 0.25) is 5.02 Å². The predicted molar refractivity (Wildman–Crippen MR) is 63.6 cm³/mol. The summed E-state index contributed by atoms with van der Waals surface area (Å²) in [6.07, 6.45) is 1.73. The zero-order chi connectivity index (χ0) is 11.5. The third-order valence-corrected chi connectivity index (χ3v) is 2.83. The Balaban J connectivity index is 2.31. The molecular formula is C13H13ClO2. The summed E-state index contributed by atoms with van der Waals surface area (Å²) in [4.78, 5) is 0. The summed E-state index contributed by atoms with van der Waals surface area (Å²) in [7, 11) is 0. The molecule has 1 heterocycles. The van der Waals surface area contributed by atoms with Crippen molar-refractivity contribution in [2.24, 2.45) is 0 Å². The van der Waals surface area contributed by atoms with Gasteiger partial charge >= 0.3 is 0 Å². The summed E-state index contributed by atoms with van der Waals surface area (Å²) in [5, 5.41) is 10.8. The Bertz CT molecular complexity index is 459. The molecular weight excluding hydrogens is 224 g/mol. The second-order valence-corrected chi connectivity index (χ2v) is 4.04. The lowest BCUT2D eigenvalue weighted by Crippen LogP contribution is -2.00. The Morgan fingerprint density at radius 2 is 1.94 bits per heavy atom. The summed E-state index contributed by atoms with van der Waals surface area (Å²) in [5.41, 5.74) is 1.64. The second kappa shape index (κ2) is 4.73. The van der Waals surface area contributed by atoms with Crippen LogP contribution in [0.4, 0.5) is 0 Å². The summed E-state index contributed by atoms with van der Waals surface area (Å²) in [6, 6.07) is 8.98. The van der Waals surface area contributed by atoms with Gasteiger partial charge in [-0.1, -0.05) is 30.7 Å². The van der Waals surface area contributed by atoms with E-state index in [9.17, 15) is 5.11 Å². The van der Waals surface area contributed by atoms with Crippen LogP contribution in [0.5, 0.6) is 0 Å². The summed E-state index contributed by atoms with van der Waals surface area (Å²) in [5.74, 6) is 0.822. The maximum absolute atomic E-state index is 10.2. The highest BCUT2D eigenvalue weighted by molar-refractivity contribution is 6.30. The van der Waals surface area contributed by atoms with Crippen molar-refractivity contribution in [1.29, 1.82) is 0 Å². The van der Waals surface area contributed by atoms with Gasteiger partial charge in [-0.25, -0.2) is 0 Å². The fourth-order valence-electron chi connectivity index (χ4n) is 1.71. The number of aliphatic hydroxyl groups excluding tert-OH is 1. The molecule has 1 unspecified atom stereocenters. The van der Waals surface area contributed by atoms with Gasteiger partial charge in [0, 0.05) is 17.0 Å². The van der Waals surface area contributed by atoms with E-state index in [0.717, 1.165) is 23.3 Å². The fraction of sp³-hybridized carbons (Fsp3) is 0.231. The van der Waals surface area contributed by atoms with Crippen molar-refractivity contribution in [1.82, 2.24) is 0 Å². The molecule has 0 aliphatic rings. The monoisotopic (exact) mass is 236 g/mol. The molecule has 2 aromatic rings. The van der Waals surface area contributed by atoms with Crippen LogP contribution in [0.25, 0.3) is 0 Å². The van der Waals surface area contributed by atoms with Crippen molar-refractivity contribution in [2.45, 2.75) is 19.4 Å². The number of hydrogen-bond donors (Lipinski definition) is 1. The maximum atomic E-state index is 10.2. The van der Waals surface area contributed by atoms with Crippen LogP contribution in [0.1, 0.15) is 29.9 Å². The lowest BCUT2D eigenvalue weighted by Gasteiger charge is -2.10. The molecule has 0 radical (unpaired) electrons. The molecule has 0 amide bonds. The second-order valence-electron chi connectivity index (χ2n) is 3.61. The molecule has 0 saturated carbocycles. The highest BCUT2D eigenvalue weighted by Crippen LogP contribution is 2.27. The average molecular weight is 237 g/mol. The van der Waals surface area contributed by atoms with Crippen LogP contribution < -0.4 is 0 Å². The molecule has 0 aliphatic heterocycles. The Hall–Kier alpha value is -1.25. The maximum Gasteiger partial charge on any atom is 0.109 e. The number of furan rings is 1. The van der Waals surface area contributed by atoms with E-state index < -0.39 is 6.10 Å². The number of benzene rings is 1. The van der Waals surface area contributed by atoms with Gasteiger partial charge in [-0.2, -0.15) is 0 Å². The van der Waals surface area contributed by atoms with Crippen molar-refractivity contribution in [3.05, 3.63) is 58.5 Å². The fourth-order valence-corrected chi connectivity index (χ4v) is 1.83. The van der Waals surface area contributed by atoms with Crippen molar-refractivity contribution >= 4 is 11.6 Å². The van der Waals surface area contributed by atoms with Crippen LogP contribution in [0, 0.1) is 0 Å². The van der Waals surface area contributed by atoms with Gasteiger partial charge in [0.25, 0.3) is 0 Å². The van der Waals surface area contributed by atoms with Crippen LogP contribution in [-0.2, 0) is 6.42 Å². The first-order valence-corrected chi connectivity index (χ1v) is 5.60. The van der Waals surface area contributed by atoms with E-state index in [-0.39, 0.29) is 0 Å². The molecule has 0 spiro atoms. The van der Waals surface area contributed by atoms with Crippen molar-refractivity contribution in [3.8, 4) is 0 Å². The third-order valence-electron chi connectivity index (χ3n) is 2.58. The molecule has 0 saturated heterocycles. The Morgan fingerprint density at radius 3 is 2.56 bits per heavy atom. The lowest BCUT2D eigenvalue weighted by atomic mass is 10.0. The SMILES string of the molecule is CCc1occc1C(O)c1ccc(Cl)cc1. The normalized spacial score (nSPS) is 12.7. The topological polar surface area (TPSA) is 33.4 Å². The standard InChI is InChI=1S/C13H13ClO2/c1-2-12-11(7-8-16-12)13(15)9-3-5-10(14)6-4-9/h3-8,13,15H,2H2,1H3. The van der Waals surface area contributed by atoms with Crippen molar-refractivity contribution in [3.63, 3.8) is 0 Å². The Kier molecular flexibility index (Phi) is 3.32. The zero-order valence-corrected chi connectivity index (χ0v) is 9.74. The smallest absolute Gasteiger partial charge is 0.109 e. The van der Waals surface area contributed by atoms with Gasteiger partial charge in [-0.15, -0.1) is 0 Å². The quantitative estimate of drug-likeness (QED) is 0.884. The highest BCUT2D eigenvalue weighted by Gasteiger charge is 2.15. The molecule has 1 N–H and O–H groups in total. The molecule has 1 aromatic heterocycles. The van der Waals surface area contributed by atoms with E-state index in [4.69, 9.17) is 16.0 Å². The summed E-state index contributed by atoms with van der Waals surface area (Å²) >= 11 is 5.80. The minimum absolute atomic E-state index is 0.647. The lowest BCUT2D eigenvalue weighted by molar-refractivity contribution is 0.217. The number of halogens is 1. The number of hydrogen-bond acceptors (Lipinski definition) is 2. The van der Waals surface area contributed by atoms with Crippen LogP contribution >= 0.6 is 11.6 Å². The van der Waals surface area contributed by atoms with Crippen LogP contribution in [0.15, 0.2) is 41.0 Å². The molecule has 3 heteroatoms. The first kappa shape index (κ1) is 11.2. The van der Waals surface area contributed by atoms with E-state index in [1.54, 1.807) is 24.5 Å². The molecule has 0 aliphatic carbocycles. The minimum Gasteiger partial charge on any atom is -0.469 e. The van der Waals surface area contributed by atoms with Gasteiger partial charge in [-0.3, -0.25) is 0 Å². The molecule has 2 nitrogen and oxygen atoms in total.